The van der Waals surface area contributed by atoms with Crippen LogP contribution in [0, 0.1) is 11.6 Å². The van der Waals surface area contributed by atoms with Crippen LogP contribution in [0.3, 0.4) is 0 Å². The van der Waals surface area contributed by atoms with E-state index in [9.17, 15) is 23.2 Å². The Morgan fingerprint density at radius 1 is 1.00 bits per heavy atom. The molecule has 3 aromatic heterocycles. The van der Waals surface area contributed by atoms with Gasteiger partial charge in [-0.3, -0.25) is 14.4 Å². The second-order valence-corrected chi connectivity index (χ2v) is 7.91. The van der Waals surface area contributed by atoms with Crippen molar-refractivity contribution in [1.29, 1.82) is 0 Å². The number of nitrogens with two attached hydrogens (primary N) is 1. The number of aromatic nitrogens is 4. The summed E-state index contributed by atoms with van der Waals surface area (Å²) in [6.07, 6.45) is 1.18. The fraction of sp³-hybridized carbons (Fsp3) is 0.100. The monoisotopic (exact) mass is 471 g/mol. The Morgan fingerprint density at radius 2 is 1.79 bits per heavy atom. The Bertz CT molecular complexity index is 1390. The van der Waals surface area contributed by atoms with Crippen LogP contribution < -0.4 is 16.4 Å². The molecule has 4 rings (SSSR count). The van der Waals surface area contributed by atoms with Gasteiger partial charge in [-0.1, -0.05) is 6.07 Å². The topological polar surface area (TPSA) is 144 Å². The first-order chi connectivity index (χ1) is 15.8. The molecule has 0 atom stereocenters. The van der Waals surface area contributed by atoms with Crippen molar-refractivity contribution in [2.75, 3.05) is 0 Å². The molecular weight excluding hydrogens is 456 g/mol. The van der Waals surface area contributed by atoms with E-state index in [0.29, 0.717) is 15.3 Å². The first-order valence-electron chi connectivity index (χ1n) is 9.41. The van der Waals surface area contributed by atoms with Crippen molar-refractivity contribution in [3.05, 3.63) is 81.1 Å². The quantitative estimate of drug-likeness (QED) is 0.372. The predicted octanol–water partition coefficient (Wildman–Crippen LogP) is 1.42. The van der Waals surface area contributed by atoms with Crippen LogP contribution >= 0.6 is 11.3 Å². The standard InChI is InChI=1S/C20H15F2N7O3S/c21-12-3-1-10(5-13(12)22)7-24-18(31)14-6-15(29-20(28-14)26-9-27-29)19(32)25-8-11-2-4-16(33-11)17(23)30/h1-6,9H,7-8H2,(H2,23,30)(H,24,31)(H,25,32). The molecule has 33 heavy (non-hydrogen) atoms. The maximum atomic E-state index is 13.4. The van der Waals surface area contributed by atoms with E-state index >= 15 is 0 Å². The molecule has 1 aromatic carbocycles. The van der Waals surface area contributed by atoms with Gasteiger partial charge in [-0.15, -0.1) is 11.3 Å². The van der Waals surface area contributed by atoms with Crippen LogP contribution in [0.5, 0.6) is 0 Å². The Kier molecular flexibility index (Phi) is 6.04. The average Bonchev–Trinajstić information content (AvgIpc) is 3.47. The maximum Gasteiger partial charge on any atom is 0.270 e. The number of halogens is 2. The van der Waals surface area contributed by atoms with Crippen LogP contribution in [0.2, 0.25) is 0 Å². The van der Waals surface area contributed by atoms with Crippen molar-refractivity contribution in [2.45, 2.75) is 13.1 Å². The van der Waals surface area contributed by atoms with Crippen LogP contribution in [0.15, 0.2) is 42.7 Å². The number of hydrogen-bond donors (Lipinski definition) is 3. The lowest BCUT2D eigenvalue weighted by Gasteiger charge is -2.09. The number of hydrogen-bond acceptors (Lipinski definition) is 7. The molecule has 0 saturated carbocycles. The Balaban J connectivity index is 1.50. The number of carbonyl (C=O) groups excluding carboxylic acids is 3. The summed E-state index contributed by atoms with van der Waals surface area (Å²) in [5, 5.41) is 9.16. The van der Waals surface area contributed by atoms with E-state index in [2.05, 4.69) is 25.7 Å². The van der Waals surface area contributed by atoms with Gasteiger partial charge in [0.15, 0.2) is 11.6 Å². The van der Waals surface area contributed by atoms with Crippen molar-refractivity contribution in [3.8, 4) is 0 Å². The zero-order valence-electron chi connectivity index (χ0n) is 16.7. The summed E-state index contributed by atoms with van der Waals surface area (Å²) in [7, 11) is 0. The van der Waals surface area contributed by atoms with Gasteiger partial charge in [0.05, 0.1) is 11.4 Å². The molecule has 0 saturated heterocycles. The van der Waals surface area contributed by atoms with Crippen LogP contribution in [0.25, 0.3) is 5.78 Å². The number of thiophene rings is 1. The first-order valence-corrected chi connectivity index (χ1v) is 10.2. The lowest BCUT2D eigenvalue weighted by Crippen LogP contribution is -2.28. The van der Waals surface area contributed by atoms with Crippen molar-refractivity contribution in [2.24, 2.45) is 5.73 Å². The summed E-state index contributed by atoms with van der Waals surface area (Å²) in [6.45, 7) is 0.0324. The highest BCUT2D eigenvalue weighted by Gasteiger charge is 2.19. The molecule has 0 radical (unpaired) electrons. The van der Waals surface area contributed by atoms with Crippen LogP contribution in [0.4, 0.5) is 8.78 Å². The van der Waals surface area contributed by atoms with Gasteiger partial charge in [-0.25, -0.2) is 13.8 Å². The summed E-state index contributed by atoms with van der Waals surface area (Å²) >= 11 is 1.15. The number of carbonyl (C=O) groups is 3. The van der Waals surface area contributed by atoms with Gasteiger partial charge in [0.2, 0.25) is 0 Å². The van der Waals surface area contributed by atoms with Crippen molar-refractivity contribution in [1.82, 2.24) is 30.2 Å². The fourth-order valence-electron chi connectivity index (χ4n) is 2.88. The van der Waals surface area contributed by atoms with Gasteiger partial charge >= 0.3 is 0 Å². The van der Waals surface area contributed by atoms with E-state index in [4.69, 9.17) is 5.73 Å². The van der Waals surface area contributed by atoms with Gasteiger partial charge in [-0.05, 0) is 29.8 Å². The smallest absolute Gasteiger partial charge is 0.270 e. The lowest BCUT2D eigenvalue weighted by molar-refractivity contribution is 0.0941. The number of benzene rings is 1. The molecule has 4 aromatic rings. The normalized spacial score (nSPS) is 10.8. The lowest BCUT2D eigenvalue weighted by atomic mass is 10.2. The number of nitrogens with zero attached hydrogens (tertiary/aromatic N) is 4. The molecule has 0 fully saturated rings. The number of rotatable bonds is 7. The second kappa shape index (κ2) is 9.08. The van der Waals surface area contributed by atoms with Gasteiger partial charge < -0.3 is 16.4 Å². The van der Waals surface area contributed by atoms with Gasteiger partial charge in [0, 0.05) is 17.5 Å². The second-order valence-electron chi connectivity index (χ2n) is 6.74. The first kappa shape index (κ1) is 22.0. The zero-order chi connectivity index (χ0) is 23.5. The largest absolute Gasteiger partial charge is 0.365 e. The average molecular weight is 471 g/mol. The Hall–Kier alpha value is -4.26. The summed E-state index contributed by atoms with van der Waals surface area (Å²) in [6, 6.07) is 7.73. The molecule has 3 amide bonds. The number of fused-ring (bicyclic) bond motifs is 1. The third-order valence-corrected chi connectivity index (χ3v) is 5.58. The molecule has 0 spiro atoms. The Morgan fingerprint density at radius 3 is 2.52 bits per heavy atom. The van der Waals surface area contributed by atoms with Crippen LogP contribution in [-0.4, -0.2) is 37.3 Å². The highest BCUT2D eigenvalue weighted by molar-refractivity contribution is 7.14. The van der Waals surface area contributed by atoms with Gasteiger partial charge in [-0.2, -0.15) is 14.6 Å². The maximum absolute atomic E-state index is 13.4. The van der Waals surface area contributed by atoms with E-state index in [1.807, 2.05) is 0 Å². The molecular formula is C20H15F2N7O3S. The summed E-state index contributed by atoms with van der Waals surface area (Å²) < 4.78 is 27.6. The third kappa shape index (κ3) is 4.82. The molecule has 0 aliphatic heterocycles. The molecule has 0 bridgehead atoms. The highest BCUT2D eigenvalue weighted by atomic mass is 32.1. The summed E-state index contributed by atoms with van der Waals surface area (Å²) in [5.41, 5.74) is 5.46. The molecule has 13 heteroatoms. The minimum Gasteiger partial charge on any atom is -0.365 e. The van der Waals surface area contributed by atoms with Crippen LogP contribution in [0.1, 0.15) is 41.1 Å². The molecule has 4 N–H and O–H groups in total. The van der Waals surface area contributed by atoms with Gasteiger partial charge in [0.1, 0.15) is 17.7 Å². The van der Waals surface area contributed by atoms with Crippen molar-refractivity contribution >= 4 is 34.8 Å². The number of amides is 3. The summed E-state index contributed by atoms with van der Waals surface area (Å²) in [4.78, 5) is 45.6. The van der Waals surface area contributed by atoms with E-state index in [1.165, 1.54) is 23.0 Å². The van der Waals surface area contributed by atoms with E-state index < -0.39 is 29.4 Å². The van der Waals surface area contributed by atoms with E-state index in [-0.39, 0.29) is 30.3 Å². The summed E-state index contributed by atoms with van der Waals surface area (Å²) in [5.74, 6) is -3.77. The number of primary amides is 1. The number of nitrogens with one attached hydrogen (secondary N) is 2. The molecule has 0 unspecified atom stereocenters. The Labute approximate surface area is 188 Å². The fourth-order valence-corrected chi connectivity index (χ4v) is 3.68. The predicted molar refractivity (Wildman–Crippen MR) is 112 cm³/mol. The molecule has 0 aliphatic carbocycles. The molecule has 0 aliphatic rings. The molecule has 3 heterocycles. The van der Waals surface area contributed by atoms with Gasteiger partial charge in [0.25, 0.3) is 23.5 Å². The minimum atomic E-state index is -1.03. The molecule has 10 nitrogen and oxygen atoms in total. The minimum absolute atomic E-state index is 0.00200. The van der Waals surface area contributed by atoms with E-state index in [0.717, 1.165) is 23.5 Å². The van der Waals surface area contributed by atoms with Crippen molar-refractivity contribution in [3.63, 3.8) is 0 Å². The zero-order valence-corrected chi connectivity index (χ0v) is 17.5. The third-order valence-electron chi connectivity index (χ3n) is 4.48. The van der Waals surface area contributed by atoms with Crippen LogP contribution in [-0.2, 0) is 13.1 Å². The molecule has 168 valence electrons. The SMILES string of the molecule is NC(=O)c1ccc(CNC(=O)c2cc(C(=O)NCc3ccc(F)c(F)c3)nc3ncnn23)s1. The van der Waals surface area contributed by atoms with Crippen molar-refractivity contribution < 1.29 is 23.2 Å². The van der Waals surface area contributed by atoms with E-state index in [1.54, 1.807) is 12.1 Å². The highest BCUT2D eigenvalue weighted by Crippen LogP contribution is 2.16.